The Morgan fingerprint density at radius 3 is 2.56 bits per heavy atom. The molecule has 0 saturated heterocycles. The van der Waals surface area contributed by atoms with Crippen molar-refractivity contribution in [3.05, 3.63) is 64.7 Å². The van der Waals surface area contributed by atoms with E-state index in [4.69, 9.17) is 16.6 Å². The van der Waals surface area contributed by atoms with E-state index in [1.54, 1.807) is 18.2 Å². The van der Waals surface area contributed by atoms with Crippen LogP contribution in [0.4, 0.5) is 5.69 Å². The molecule has 1 heterocycles. The SMILES string of the molecule is C[C@@H](C(=O)O)N1C(=O)C(C2CC2)N=C(c2ccccc2)c2cc(Cl)ccc21. The van der Waals surface area contributed by atoms with Crippen LogP contribution in [-0.2, 0) is 9.59 Å². The Kier molecular flexibility index (Phi) is 4.48. The van der Waals surface area contributed by atoms with Crippen molar-refractivity contribution in [3.63, 3.8) is 0 Å². The summed E-state index contributed by atoms with van der Waals surface area (Å²) in [5, 5.41) is 10.1. The maximum Gasteiger partial charge on any atom is 0.326 e. The fraction of sp³-hybridized carbons (Fsp3) is 0.286. The van der Waals surface area contributed by atoms with Gasteiger partial charge < -0.3 is 5.11 Å². The molecule has 0 radical (unpaired) electrons. The molecule has 0 aromatic heterocycles. The minimum atomic E-state index is -1.05. The maximum atomic E-state index is 13.3. The zero-order valence-electron chi connectivity index (χ0n) is 14.8. The first-order valence-electron chi connectivity index (χ1n) is 8.96. The predicted octanol–water partition coefficient (Wildman–Crippen LogP) is 3.78. The fourth-order valence-electron chi connectivity index (χ4n) is 3.49. The van der Waals surface area contributed by atoms with E-state index in [9.17, 15) is 14.7 Å². The maximum absolute atomic E-state index is 13.3. The summed E-state index contributed by atoms with van der Waals surface area (Å²) >= 11 is 6.25. The Bertz CT molecular complexity index is 938. The van der Waals surface area contributed by atoms with Gasteiger partial charge in [-0.15, -0.1) is 0 Å². The first-order chi connectivity index (χ1) is 13.0. The number of aliphatic imine (C=N–C) groups is 1. The van der Waals surface area contributed by atoms with Gasteiger partial charge in [0.2, 0.25) is 0 Å². The summed E-state index contributed by atoms with van der Waals surface area (Å²) in [7, 11) is 0. The summed E-state index contributed by atoms with van der Waals surface area (Å²) < 4.78 is 0. The summed E-state index contributed by atoms with van der Waals surface area (Å²) in [4.78, 5) is 31.2. The number of amides is 1. The highest BCUT2D eigenvalue weighted by molar-refractivity contribution is 6.32. The largest absolute Gasteiger partial charge is 0.480 e. The number of carboxylic acids is 1. The van der Waals surface area contributed by atoms with Crippen molar-refractivity contribution in [2.75, 3.05) is 4.90 Å². The van der Waals surface area contributed by atoms with E-state index in [-0.39, 0.29) is 11.8 Å². The number of hydrogen-bond acceptors (Lipinski definition) is 3. The lowest BCUT2D eigenvalue weighted by Gasteiger charge is -2.28. The molecule has 1 N–H and O–H groups in total. The van der Waals surface area contributed by atoms with E-state index >= 15 is 0 Å². The van der Waals surface area contributed by atoms with E-state index in [1.165, 1.54) is 11.8 Å². The number of carboxylic acid groups (broad SMARTS) is 1. The lowest BCUT2D eigenvalue weighted by Crippen LogP contribution is -2.47. The number of aliphatic carboxylic acids is 1. The van der Waals surface area contributed by atoms with Gasteiger partial charge >= 0.3 is 5.97 Å². The number of fused-ring (bicyclic) bond motifs is 1. The van der Waals surface area contributed by atoms with Crippen LogP contribution in [0.1, 0.15) is 30.9 Å². The molecule has 6 heteroatoms. The molecule has 1 aliphatic carbocycles. The topological polar surface area (TPSA) is 70.0 Å². The average Bonchev–Trinajstić information content (AvgIpc) is 3.49. The summed E-state index contributed by atoms with van der Waals surface area (Å²) in [6.07, 6.45) is 1.85. The minimum absolute atomic E-state index is 0.157. The van der Waals surface area contributed by atoms with Crippen LogP contribution in [0.25, 0.3) is 0 Å². The quantitative estimate of drug-likeness (QED) is 0.874. The van der Waals surface area contributed by atoms with Crippen molar-refractivity contribution in [1.82, 2.24) is 0 Å². The number of carbonyl (C=O) groups is 2. The Morgan fingerprint density at radius 1 is 1.22 bits per heavy atom. The third-order valence-corrected chi connectivity index (χ3v) is 5.33. The number of anilines is 1. The molecule has 1 unspecified atom stereocenters. The number of rotatable bonds is 4. The van der Waals surface area contributed by atoms with Crippen molar-refractivity contribution in [1.29, 1.82) is 0 Å². The van der Waals surface area contributed by atoms with Crippen LogP contribution >= 0.6 is 11.6 Å². The molecule has 2 atom stereocenters. The zero-order valence-corrected chi connectivity index (χ0v) is 15.6. The van der Waals surface area contributed by atoms with Gasteiger partial charge in [-0.25, -0.2) is 4.79 Å². The first-order valence-corrected chi connectivity index (χ1v) is 9.34. The molecule has 27 heavy (non-hydrogen) atoms. The fourth-order valence-corrected chi connectivity index (χ4v) is 3.66. The normalized spacial score (nSPS) is 20.5. The van der Waals surface area contributed by atoms with Crippen LogP contribution in [0.3, 0.4) is 0 Å². The van der Waals surface area contributed by atoms with Gasteiger partial charge in [0.1, 0.15) is 12.1 Å². The van der Waals surface area contributed by atoms with Crippen molar-refractivity contribution in [2.24, 2.45) is 10.9 Å². The summed E-state index contributed by atoms with van der Waals surface area (Å²) in [5.74, 6) is -1.16. The lowest BCUT2D eigenvalue weighted by molar-refractivity contribution is -0.139. The van der Waals surface area contributed by atoms with E-state index in [2.05, 4.69) is 0 Å². The lowest BCUT2D eigenvalue weighted by atomic mass is 9.99. The smallest absolute Gasteiger partial charge is 0.326 e. The monoisotopic (exact) mass is 382 g/mol. The Hall–Kier alpha value is -2.66. The molecule has 138 valence electrons. The van der Waals surface area contributed by atoms with E-state index in [0.29, 0.717) is 22.0 Å². The second kappa shape index (κ2) is 6.82. The summed E-state index contributed by atoms with van der Waals surface area (Å²) in [6, 6.07) is 13.2. The highest BCUT2D eigenvalue weighted by Crippen LogP contribution is 2.40. The molecule has 1 fully saturated rings. The number of benzodiazepines with no additional fused rings is 1. The van der Waals surface area contributed by atoms with Gasteiger partial charge in [0.25, 0.3) is 5.91 Å². The molecule has 1 aliphatic heterocycles. The summed E-state index contributed by atoms with van der Waals surface area (Å²) in [6.45, 7) is 1.52. The Balaban J connectivity index is 1.96. The molecular weight excluding hydrogens is 364 g/mol. The second-order valence-electron chi connectivity index (χ2n) is 7.01. The molecule has 1 saturated carbocycles. The van der Waals surface area contributed by atoms with E-state index in [1.807, 2.05) is 30.3 Å². The molecular formula is C21H19ClN2O3. The molecule has 1 amide bonds. The third-order valence-electron chi connectivity index (χ3n) is 5.09. The van der Waals surface area contributed by atoms with Gasteiger partial charge in [0.15, 0.2) is 0 Å². The van der Waals surface area contributed by atoms with E-state index < -0.39 is 18.1 Å². The highest BCUT2D eigenvalue weighted by Gasteiger charge is 2.43. The van der Waals surface area contributed by atoms with Crippen LogP contribution in [0, 0.1) is 5.92 Å². The standard InChI is InChI=1S/C21H19ClN2O3/c1-12(21(26)27)24-17-10-9-15(22)11-16(17)18(13-5-3-2-4-6-13)23-19(20(24)25)14-7-8-14/h2-6,9-12,14,19H,7-8H2,1H3,(H,26,27)/t12-,19?/m0/s1. The molecule has 2 aromatic carbocycles. The van der Waals surface area contributed by atoms with Gasteiger partial charge in [0, 0.05) is 16.1 Å². The Labute approximate surface area is 162 Å². The number of carbonyl (C=O) groups excluding carboxylic acids is 1. The number of hydrogen-bond donors (Lipinski definition) is 1. The van der Waals surface area contributed by atoms with Crippen LogP contribution < -0.4 is 4.90 Å². The average molecular weight is 383 g/mol. The zero-order chi connectivity index (χ0) is 19.1. The van der Waals surface area contributed by atoms with Gasteiger partial charge in [-0.1, -0.05) is 41.9 Å². The molecule has 4 rings (SSSR count). The summed E-state index contributed by atoms with van der Waals surface area (Å²) in [5.41, 5.74) is 2.77. The van der Waals surface area contributed by atoms with Gasteiger partial charge in [-0.05, 0) is 43.9 Å². The van der Waals surface area contributed by atoms with Gasteiger partial charge in [-0.3, -0.25) is 14.7 Å². The van der Waals surface area contributed by atoms with Gasteiger partial charge in [0.05, 0.1) is 11.4 Å². The molecule has 2 aliphatic rings. The first kappa shape index (κ1) is 17.7. The van der Waals surface area contributed by atoms with E-state index in [0.717, 1.165) is 18.4 Å². The van der Waals surface area contributed by atoms with Crippen LogP contribution in [0.15, 0.2) is 53.5 Å². The second-order valence-corrected chi connectivity index (χ2v) is 7.45. The number of nitrogens with zero attached hydrogens (tertiary/aromatic N) is 2. The third kappa shape index (κ3) is 3.23. The molecule has 5 nitrogen and oxygen atoms in total. The number of benzene rings is 2. The van der Waals surface area contributed by atoms with Crippen molar-refractivity contribution in [3.8, 4) is 0 Å². The highest BCUT2D eigenvalue weighted by atomic mass is 35.5. The van der Waals surface area contributed by atoms with Crippen LogP contribution in [0.2, 0.25) is 5.02 Å². The molecule has 0 bridgehead atoms. The van der Waals surface area contributed by atoms with Crippen molar-refractivity contribution in [2.45, 2.75) is 31.8 Å². The van der Waals surface area contributed by atoms with Crippen LogP contribution in [-0.4, -0.2) is 34.8 Å². The minimum Gasteiger partial charge on any atom is -0.480 e. The number of halogens is 1. The predicted molar refractivity (Wildman–Crippen MR) is 105 cm³/mol. The van der Waals surface area contributed by atoms with Crippen molar-refractivity contribution >= 4 is 34.9 Å². The Morgan fingerprint density at radius 2 is 1.93 bits per heavy atom. The van der Waals surface area contributed by atoms with Gasteiger partial charge in [-0.2, -0.15) is 0 Å². The van der Waals surface area contributed by atoms with Crippen molar-refractivity contribution < 1.29 is 14.7 Å². The molecule has 2 aromatic rings. The van der Waals surface area contributed by atoms with Crippen LogP contribution in [0.5, 0.6) is 0 Å². The molecule has 0 spiro atoms.